The van der Waals surface area contributed by atoms with E-state index in [2.05, 4.69) is 27.8 Å². The van der Waals surface area contributed by atoms with Gasteiger partial charge in [0.2, 0.25) is 0 Å². The van der Waals surface area contributed by atoms with Gasteiger partial charge >= 0.3 is 5.97 Å². The lowest BCUT2D eigenvalue weighted by atomic mass is 10.0. The topological polar surface area (TPSA) is 95.9 Å². The van der Waals surface area contributed by atoms with E-state index in [0.29, 0.717) is 11.5 Å². The second-order valence-corrected chi connectivity index (χ2v) is 8.46. The molecule has 1 aromatic carbocycles. The standard InChI is InChI=1S/C27H25N5O3/c1-16-25(18(3)35-31-16)23-14-29-26-21(20-10-8-19(9-11-20)13-24(33)34-4)15-32(27(26)30-23)17(2)22-7-5-6-12-28-22/h5-12,14-15,17H,13H2,1-4H3/t17-/m0/s1. The van der Waals surface area contributed by atoms with Crippen LogP contribution in [0.25, 0.3) is 33.5 Å². The molecule has 0 radical (unpaired) electrons. The molecule has 4 aromatic heterocycles. The number of hydrogen-bond donors (Lipinski definition) is 0. The molecule has 176 valence electrons. The number of aromatic nitrogens is 5. The molecule has 5 rings (SSSR count). The number of fused-ring (bicyclic) bond motifs is 1. The van der Waals surface area contributed by atoms with Gasteiger partial charge in [0.1, 0.15) is 11.3 Å². The number of pyridine rings is 1. The van der Waals surface area contributed by atoms with E-state index in [1.165, 1.54) is 7.11 Å². The number of methoxy groups -OCH3 is 1. The van der Waals surface area contributed by atoms with Crippen molar-refractivity contribution in [2.45, 2.75) is 33.2 Å². The Labute approximate surface area is 202 Å². The van der Waals surface area contributed by atoms with E-state index in [1.54, 1.807) is 12.4 Å². The molecule has 0 N–H and O–H groups in total. The molecule has 4 heterocycles. The minimum Gasteiger partial charge on any atom is -0.469 e. The zero-order valence-corrected chi connectivity index (χ0v) is 20.0. The number of rotatable bonds is 6. The number of hydrogen-bond acceptors (Lipinski definition) is 7. The highest BCUT2D eigenvalue weighted by atomic mass is 16.5. The summed E-state index contributed by atoms with van der Waals surface area (Å²) in [6, 6.07) is 13.7. The molecular formula is C27H25N5O3. The highest BCUT2D eigenvalue weighted by Gasteiger charge is 2.21. The van der Waals surface area contributed by atoms with Crippen LogP contribution in [0.5, 0.6) is 0 Å². The molecule has 0 fully saturated rings. The van der Waals surface area contributed by atoms with Crippen molar-refractivity contribution in [3.05, 3.63) is 83.8 Å². The Morgan fingerprint density at radius 2 is 1.91 bits per heavy atom. The third-order valence-electron chi connectivity index (χ3n) is 6.19. The van der Waals surface area contributed by atoms with Gasteiger partial charge in [-0.1, -0.05) is 35.5 Å². The smallest absolute Gasteiger partial charge is 0.309 e. The maximum absolute atomic E-state index is 11.6. The highest BCUT2D eigenvalue weighted by Crippen LogP contribution is 2.34. The molecule has 0 aliphatic heterocycles. The van der Waals surface area contributed by atoms with Crippen LogP contribution in [0.15, 0.2) is 65.6 Å². The summed E-state index contributed by atoms with van der Waals surface area (Å²) in [5, 5.41) is 4.07. The SMILES string of the molecule is COC(=O)Cc1ccc(-c2cn([C@@H](C)c3ccccn3)c3nc(-c4c(C)noc4C)cnc23)cc1. The van der Waals surface area contributed by atoms with Crippen LogP contribution in [0, 0.1) is 13.8 Å². The van der Waals surface area contributed by atoms with Crippen molar-refractivity contribution >= 4 is 17.1 Å². The van der Waals surface area contributed by atoms with Gasteiger partial charge in [-0.3, -0.25) is 9.78 Å². The van der Waals surface area contributed by atoms with Crippen molar-refractivity contribution < 1.29 is 14.1 Å². The third-order valence-corrected chi connectivity index (χ3v) is 6.19. The van der Waals surface area contributed by atoms with Crippen molar-refractivity contribution in [2.75, 3.05) is 7.11 Å². The van der Waals surface area contributed by atoms with E-state index < -0.39 is 0 Å². The summed E-state index contributed by atoms with van der Waals surface area (Å²) in [6.07, 6.45) is 5.85. The molecule has 0 saturated carbocycles. The molecule has 35 heavy (non-hydrogen) atoms. The Bertz CT molecular complexity index is 1480. The second-order valence-electron chi connectivity index (χ2n) is 8.46. The number of carbonyl (C=O) groups excluding carboxylic acids is 1. The summed E-state index contributed by atoms with van der Waals surface area (Å²) in [5.74, 6) is 0.435. The summed E-state index contributed by atoms with van der Waals surface area (Å²) in [6.45, 7) is 5.86. The molecule has 0 bridgehead atoms. The molecule has 0 saturated heterocycles. The van der Waals surface area contributed by atoms with Gasteiger partial charge in [0.25, 0.3) is 0 Å². The van der Waals surface area contributed by atoms with E-state index in [4.69, 9.17) is 19.2 Å². The zero-order chi connectivity index (χ0) is 24.5. The summed E-state index contributed by atoms with van der Waals surface area (Å²) in [5.41, 5.74) is 7.60. The number of aryl methyl sites for hydroxylation is 2. The quantitative estimate of drug-likeness (QED) is 0.321. The number of esters is 1. The van der Waals surface area contributed by atoms with Gasteiger partial charge in [-0.25, -0.2) is 9.97 Å². The van der Waals surface area contributed by atoms with Crippen LogP contribution in [-0.4, -0.2) is 37.8 Å². The van der Waals surface area contributed by atoms with Gasteiger partial charge in [-0.15, -0.1) is 0 Å². The maximum atomic E-state index is 11.6. The Kier molecular flexibility index (Phi) is 5.86. The van der Waals surface area contributed by atoms with E-state index >= 15 is 0 Å². The fraction of sp³-hybridized carbons (Fsp3) is 0.222. The Hall–Kier alpha value is -4.33. The molecule has 8 heteroatoms. The number of benzene rings is 1. The van der Waals surface area contributed by atoms with Crippen LogP contribution in [0.2, 0.25) is 0 Å². The van der Waals surface area contributed by atoms with Crippen LogP contribution in [-0.2, 0) is 16.0 Å². The van der Waals surface area contributed by atoms with E-state index in [9.17, 15) is 4.79 Å². The molecule has 0 amide bonds. The van der Waals surface area contributed by atoms with Gasteiger partial charge in [0.05, 0.1) is 48.4 Å². The van der Waals surface area contributed by atoms with Crippen LogP contribution in [0.3, 0.4) is 0 Å². The third kappa shape index (κ3) is 4.19. The minimum atomic E-state index is -0.267. The van der Waals surface area contributed by atoms with E-state index in [1.807, 2.05) is 56.3 Å². The molecule has 0 spiro atoms. The second kappa shape index (κ2) is 9.13. The first-order chi connectivity index (χ1) is 17.0. The largest absolute Gasteiger partial charge is 0.469 e. The van der Waals surface area contributed by atoms with Crippen molar-refractivity contribution in [2.24, 2.45) is 0 Å². The molecule has 8 nitrogen and oxygen atoms in total. The summed E-state index contributed by atoms with van der Waals surface area (Å²) in [7, 11) is 1.39. The lowest BCUT2D eigenvalue weighted by molar-refractivity contribution is -0.139. The maximum Gasteiger partial charge on any atom is 0.309 e. The van der Waals surface area contributed by atoms with E-state index in [0.717, 1.165) is 44.8 Å². The summed E-state index contributed by atoms with van der Waals surface area (Å²) >= 11 is 0. The van der Waals surface area contributed by atoms with Crippen molar-refractivity contribution in [1.29, 1.82) is 0 Å². The molecule has 0 aliphatic carbocycles. The first kappa shape index (κ1) is 22.5. The summed E-state index contributed by atoms with van der Waals surface area (Å²) in [4.78, 5) is 26.0. The van der Waals surface area contributed by atoms with Gasteiger partial charge in [-0.2, -0.15) is 0 Å². The molecular weight excluding hydrogens is 442 g/mol. The number of carbonyl (C=O) groups is 1. The van der Waals surface area contributed by atoms with Crippen molar-refractivity contribution in [1.82, 2.24) is 24.7 Å². The van der Waals surface area contributed by atoms with Crippen molar-refractivity contribution in [3.63, 3.8) is 0 Å². The number of ether oxygens (including phenoxy) is 1. The van der Waals surface area contributed by atoms with Crippen molar-refractivity contribution in [3.8, 4) is 22.4 Å². The monoisotopic (exact) mass is 467 g/mol. The van der Waals surface area contributed by atoms with Crippen LogP contribution in [0.1, 0.15) is 35.7 Å². The van der Waals surface area contributed by atoms with Crippen LogP contribution >= 0.6 is 0 Å². The summed E-state index contributed by atoms with van der Waals surface area (Å²) < 4.78 is 12.2. The molecule has 0 aliphatic rings. The molecule has 1 atom stereocenters. The average Bonchev–Trinajstić information content (AvgIpc) is 3.43. The average molecular weight is 468 g/mol. The first-order valence-corrected chi connectivity index (χ1v) is 11.3. The van der Waals surface area contributed by atoms with Gasteiger partial charge in [-0.05, 0) is 44.0 Å². The molecule has 5 aromatic rings. The normalized spacial score (nSPS) is 12.1. The lowest BCUT2D eigenvalue weighted by Gasteiger charge is -2.14. The van der Waals surface area contributed by atoms with Gasteiger partial charge < -0.3 is 13.8 Å². The van der Waals surface area contributed by atoms with E-state index in [-0.39, 0.29) is 18.4 Å². The number of nitrogens with zero attached hydrogens (tertiary/aromatic N) is 5. The molecule has 0 unspecified atom stereocenters. The van der Waals surface area contributed by atoms with Gasteiger partial charge in [0.15, 0.2) is 5.65 Å². The lowest BCUT2D eigenvalue weighted by Crippen LogP contribution is -2.08. The van der Waals surface area contributed by atoms with Crippen LogP contribution < -0.4 is 0 Å². The highest BCUT2D eigenvalue weighted by molar-refractivity contribution is 5.92. The fourth-order valence-electron chi connectivity index (χ4n) is 4.29. The zero-order valence-electron chi connectivity index (χ0n) is 20.0. The predicted molar refractivity (Wildman–Crippen MR) is 132 cm³/mol. The van der Waals surface area contributed by atoms with Crippen LogP contribution in [0.4, 0.5) is 0 Å². The minimum absolute atomic E-state index is 0.0692. The predicted octanol–water partition coefficient (Wildman–Crippen LogP) is 5.09. The Balaban J connectivity index is 1.65. The Morgan fingerprint density at radius 1 is 1.11 bits per heavy atom. The van der Waals surface area contributed by atoms with Gasteiger partial charge in [0, 0.05) is 18.0 Å². The fourth-order valence-corrected chi connectivity index (χ4v) is 4.29. The Morgan fingerprint density at radius 3 is 2.57 bits per heavy atom. The first-order valence-electron chi connectivity index (χ1n) is 11.3.